The van der Waals surface area contributed by atoms with Crippen molar-refractivity contribution in [3.8, 4) is 0 Å². The standard InChI is InChI=1S/C12H14Br2ClNO/c1-8(13)5-6-16(2)12(17)9-3-4-10(14)11(15)7-9/h3-4,7-8H,5-6H2,1-2H3. The molecule has 94 valence electrons. The minimum Gasteiger partial charge on any atom is -0.342 e. The Labute approximate surface area is 124 Å². The number of halogens is 3. The minimum atomic E-state index is -0.00690. The Morgan fingerprint density at radius 2 is 2.18 bits per heavy atom. The number of hydrogen-bond donors (Lipinski definition) is 0. The molecule has 1 aromatic rings. The normalized spacial score (nSPS) is 12.3. The maximum Gasteiger partial charge on any atom is 0.253 e. The smallest absolute Gasteiger partial charge is 0.253 e. The molecule has 1 atom stereocenters. The SMILES string of the molecule is CC(Br)CCN(C)C(=O)c1ccc(Br)c(Cl)c1. The van der Waals surface area contributed by atoms with Gasteiger partial charge in [-0.05, 0) is 40.5 Å². The van der Waals surface area contributed by atoms with Crippen LogP contribution in [0.2, 0.25) is 5.02 Å². The molecule has 0 saturated heterocycles. The fourth-order valence-corrected chi connectivity index (χ4v) is 1.95. The van der Waals surface area contributed by atoms with Crippen LogP contribution in [0, 0.1) is 0 Å². The predicted molar refractivity (Wildman–Crippen MR) is 79.1 cm³/mol. The molecule has 0 heterocycles. The molecule has 17 heavy (non-hydrogen) atoms. The van der Waals surface area contributed by atoms with E-state index in [1.807, 2.05) is 0 Å². The monoisotopic (exact) mass is 381 g/mol. The van der Waals surface area contributed by atoms with Crippen molar-refractivity contribution in [1.82, 2.24) is 4.90 Å². The van der Waals surface area contributed by atoms with Gasteiger partial charge in [-0.3, -0.25) is 4.79 Å². The van der Waals surface area contributed by atoms with Gasteiger partial charge in [-0.15, -0.1) is 0 Å². The molecule has 1 aromatic carbocycles. The van der Waals surface area contributed by atoms with Crippen molar-refractivity contribution < 1.29 is 4.79 Å². The van der Waals surface area contributed by atoms with Crippen LogP contribution in [-0.4, -0.2) is 29.2 Å². The van der Waals surface area contributed by atoms with Gasteiger partial charge in [0.2, 0.25) is 0 Å². The topological polar surface area (TPSA) is 20.3 Å². The summed E-state index contributed by atoms with van der Waals surface area (Å²) in [7, 11) is 1.80. The molecule has 0 aliphatic heterocycles. The molecule has 0 aliphatic rings. The largest absolute Gasteiger partial charge is 0.342 e. The molecule has 2 nitrogen and oxygen atoms in total. The Balaban J connectivity index is 2.71. The summed E-state index contributed by atoms with van der Waals surface area (Å²) >= 11 is 12.7. The first-order valence-electron chi connectivity index (χ1n) is 5.26. The van der Waals surface area contributed by atoms with Gasteiger partial charge in [-0.25, -0.2) is 0 Å². The number of nitrogens with zero attached hydrogens (tertiary/aromatic N) is 1. The van der Waals surface area contributed by atoms with Crippen LogP contribution in [0.4, 0.5) is 0 Å². The van der Waals surface area contributed by atoms with Gasteiger partial charge in [0, 0.05) is 28.5 Å². The van der Waals surface area contributed by atoms with Crippen LogP contribution in [-0.2, 0) is 0 Å². The van der Waals surface area contributed by atoms with E-state index in [1.165, 1.54) is 0 Å². The average Bonchev–Trinajstić information content (AvgIpc) is 2.28. The zero-order valence-electron chi connectivity index (χ0n) is 9.71. The van der Waals surface area contributed by atoms with Gasteiger partial charge in [0.15, 0.2) is 0 Å². The summed E-state index contributed by atoms with van der Waals surface area (Å²) in [6, 6.07) is 5.24. The van der Waals surface area contributed by atoms with Crippen LogP contribution in [0.25, 0.3) is 0 Å². The summed E-state index contributed by atoms with van der Waals surface area (Å²) in [6.07, 6.45) is 0.923. The highest BCUT2D eigenvalue weighted by molar-refractivity contribution is 9.10. The number of carbonyl (C=O) groups excluding carboxylic acids is 1. The van der Waals surface area contributed by atoms with Crippen molar-refractivity contribution in [3.05, 3.63) is 33.3 Å². The molecule has 0 saturated carbocycles. The number of alkyl halides is 1. The molecular weight excluding hydrogens is 369 g/mol. The lowest BCUT2D eigenvalue weighted by molar-refractivity contribution is 0.0794. The van der Waals surface area contributed by atoms with Crippen LogP contribution in [0.1, 0.15) is 23.7 Å². The summed E-state index contributed by atoms with van der Waals surface area (Å²) in [5, 5.41) is 0.554. The molecule has 1 unspecified atom stereocenters. The van der Waals surface area contributed by atoms with E-state index in [2.05, 4.69) is 38.8 Å². The molecule has 0 spiro atoms. The zero-order valence-corrected chi connectivity index (χ0v) is 13.6. The Morgan fingerprint density at radius 3 is 2.71 bits per heavy atom. The van der Waals surface area contributed by atoms with E-state index in [0.717, 1.165) is 17.4 Å². The quantitative estimate of drug-likeness (QED) is 0.708. The Morgan fingerprint density at radius 1 is 1.53 bits per heavy atom. The van der Waals surface area contributed by atoms with Gasteiger partial charge in [0.1, 0.15) is 0 Å². The first-order chi connectivity index (χ1) is 7.91. The Kier molecular flexibility index (Phi) is 5.97. The third-order valence-electron chi connectivity index (χ3n) is 2.38. The lowest BCUT2D eigenvalue weighted by Crippen LogP contribution is -2.28. The fourth-order valence-electron chi connectivity index (χ4n) is 1.32. The second kappa shape index (κ2) is 6.76. The number of amides is 1. The van der Waals surface area contributed by atoms with Crippen LogP contribution >= 0.6 is 43.5 Å². The highest BCUT2D eigenvalue weighted by Gasteiger charge is 2.13. The van der Waals surface area contributed by atoms with Crippen LogP contribution in [0.15, 0.2) is 22.7 Å². The number of hydrogen-bond acceptors (Lipinski definition) is 1. The van der Waals surface area contributed by atoms with Crippen molar-refractivity contribution in [2.75, 3.05) is 13.6 Å². The van der Waals surface area contributed by atoms with E-state index in [4.69, 9.17) is 11.6 Å². The molecule has 0 aliphatic carbocycles. The number of carbonyl (C=O) groups is 1. The van der Waals surface area contributed by atoms with Crippen molar-refractivity contribution in [3.63, 3.8) is 0 Å². The molecule has 0 fully saturated rings. The third kappa shape index (κ3) is 4.60. The maximum atomic E-state index is 12.1. The molecule has 0 aromatic heterocycles. The van der Waals surface area contributed by atoms with Crippen LogP contribution in [0.5, 0.6) is 0 Å². The van der Waals surface area contributed by atoms with Crippen LogP contribution < -0.4 is 0 Å². The van der Waals surface area contributed by atoms with Gasteiger partial charge in [0.05, 0.1) is 5.02 Å². The Bertz CT molecular complexity index is 409. The second-order valence-corrected chi connectivity index (χ2v) is 6.75. The van der Waals surface area contributed by atoms with Crippen molar-refractivity contribution in [2.24, 2.45) is 0 Å². The average molecular weight is 384 g/mol. The molecule has 0 radical (unpaired) electrons. The predicted octanol–water partition coefficient (Wildman–Crippen LogP) is 4.35. The highest BCUT2D eigenvalue weighted by Crippen LogP contribution is 2.23. The molecule has 1 rings (SSSR count). The van der Waals surface area contributed by atoms with E-state index in [9.17, 15) is 4.79 Å². The van der Waals surface area contributed by atoms with Gasteiger partial charge in [-0.2, -0.15) is 0 Å². The zero-order chi connectivity index (χ0) is 13.0. The summed E-state index contributed by atoms with van der Waals surface area (Å²) < 4.78 is 0.799. The second-order valence-electron chi connectivity index (χ2n) is 3.93. The lowest BCUT2D eigenvalue weighted by Gasteiger charge is -2.18. The van der Waals surface area contributed by atoms with Gasteiger partial charge in [-0.1, -0.05) is 34.5 Å². The molecule has 0 N–H and O–H groups in total. The Hall–Kier alpha value is -0.0600. The van der Waals surface area contributed by atoms with E-state index in [1.54, 1.807) is 30.1 Å². The van der Waals surface area contributed by atoms with E-state index in [0.29, 0.717) is 15.4 Å². The molecule has 1 amide bonds. The summed E-state index contributed by atoms with van der Waals surface area (Å²) in [4.78, 5) is 14.2. The maximum absolute atomic E-state index is 12.1. The summed E-state index contributed by atoms with van der Waals surface area (Å²) in [6.45, 7) is 2.79. The fraction of sp³-hybridized carbons (Fsp3) is 0.417. The highest BCUT2D eigenvalue weighted by atomic mass is 79.9. The minimum absolute atomic E-state index is 0.00690. The third-order valence-corrected chi connectivity index (χ3v) is 4.07. The van der Waals surface area contributed by atoms with Gasteiger partial charge in [0.25, 0.3) is 5.91 Å². The number of rotatable bonds is 4. The summed E-state index contributed by atoms with van der Waals surface area (Å²) in [5.41, 5.74) is 0.614. The van der Waals surface area contributed by atoms with Gasteiger partial charge < -0.3 is 4.90 Å². The van der Waals surface area contributed by atoms with Crippen LogP contribution in [0.3, 0.4) is 0 Å². The molecular formula is C12H14Br2ClNO. The van der Waals surface area contributed by atoms with E-state index >= 15 is 0 Å². The van der Waals surface area contributed by atoms with E-state index in [-0.39, 0.29) is 5.91 Å². The molecule has 0 bridgehead atoms. The van der Waals surface area contributed by atoms with Crippen molar-refractivity contribution in [1.29, 1.82) is 0 Å². The van der Waals surface area contributed by atoms with Crippen molar-refractivity contribution in [2.45, 2.75) is 18.2 Å². The van der Waals surface area contributed by atoms with E-state index < -0.39 is 0 Å². The lowest BCUT2D eigenvalue weighted by atomic mass is 10.2. The number of benzene rings is 1. The van der Waals surface area contributed by atoms with Gasteiger partial charge >= 0.3 is 0 Å². The first-order valence-corrected chi connectivity index (χ1v) is 7.35. The first kappa shape index (κ1) is 15.0. The summed E-state index contributed by atoms with van der Waals surface area (Å²) in [5.74, 6) is -0.00690. The molecule has 5 heteroatoms. The van der Waals surface area contributed by atoms with Crippen molar-refractivity contribution >= 4 is 49.4 Å².